The van der Waals surface area contributed by atoms with Crippen LogP contribution in [0, 0.1) is 0 Å². The zero-order valence-corrected chi connectivity index (χ0v) is 12.1. The molecule has 0 radical (unpaired) electrons. The topological polar surface area (TPSA) is 3.24 Å². The van der Waals surface area contributed by atoms with Gasteiger partial charge in [-0.2, -0.15) is 0 Å². The van der Waals surface area contributed by atoms with Crippen molar-refractivity contribution >= 4 is 18.1 Å². The van der Waals surface area contributed by atoms with Crippen LogP contribution in [0.15, 0.2) is 0 Å². The van der Waals surface area contributed by atoms with Crippen LogP contribution in [0.3, 0.4) is 0 Å². The fourth-order valence-corrected chi connectivity index (χ4v) is 8.82. The van der Waals surface area contributed by atoms with E-state index in [0.29, 0.717) is 0 Å². The smallest absolute Gasteiger partial charge is 0.335 e. The van der Waals surface area contributed by atoms with Crippen LogP contribution in [0.5, 0.6) is 0 Å². The summed E-state index contributed by atoms with van der Waals surface area (Å²) in [6.45, 7) is 7.26. The molecule has 0 aliphatic rings. The Morgan fingerprint density at radius 2 is 1.58 bits per heavy atom. The first-order valence-corrected chi connectivity index (χ1v) is 9.51. The van der Waals surface area contributed by atoms with Crippen molar-refractivity contribution in [2.75, 3.05) is 28.2 Å². The summed E-state index contributed by atoms with van der Waals surface area (Å²) in [5, 5.41) is 0. The van der Waals surface area contributed by atoms with Gasteiger partial charge in [0.25, 0.3) is 0 Å². The van der Waals surface area contributed by atoms with E-state index in [1.807, 2.05) is 0 Å². The first-order chi connectivity index (χ1) is 5.34. The highest BCUT2D eigenvalue weighted by Crippen LogP contribution is 2.12. The van der Waals surface area contributed by atoms with Crippen LogP contribution in [0.4, 0.5) is 0 Å². The Morgan fingerprint density at radius 1 is 1.17 bits per heavy atom. The van der Waals surface area contributed by atoms with E-state index >= 15 is 0 Å². The molecule has 0 aromatic carbocycles. The molecule has 0 aromatic heterocycles. The van der Waals surface area contributed by atoms with Gasteiger partial charge in [0, 0.05) is 20.1 Å². The van der Waals surface area contributed by atoms with E-state index < -0.39 is 18.1 Å². The van der Waals surface area contributed by atoms with Crippen molar-refractivity contribution < 1.29 is 3.81 Å². The Kier molecular flexibility index (Phi) is 4.69. The second-order valence-corrected chi connectivity index (χ2v) is 12.8. The van der Waals surface area contributed by atoms with E-state index in [2.05, 4.69) is 52.8 Å². The fourth-order valence-electron chi connectivity index (χ4n) is 1.78. The quantitative estimate of drug-likeness (QED) is 0.615. The summed E-state index contributed by atoms with van der Waals surface area (Å²) in [4.78, 5) is 0. The lowest BCUT2D eigenvalue weighted by molar-refractivity contribution is -0.673. The molecule has 2 nitrogen and oxygen atoms in total. The minimum atomic E-state index is -0.721. The van der Waals surface area contributed by atoms with Crippen LogP contribution < -0.4 is 0 Å². The zero-order chi connectivity index (χ0) is 9.94. The molecule has 0 aromatic rings. The summed E-state index contributed by atoms with van der Waals surface area (Å²) in [5.74, 6) is 0. The van der Waals surface area contributed by atoms with Crippen LogP contribution >= 0.6 is 0 Å². The summed E-state index contributed by atoms with van der Waals surface area (Å²) in [6, 6.07) is 1.38. The van der Waals surface area contributed by atoms with Crippen molar-refractivity contribution in [3.05, 3.63) is 0 Å². The monoisotopic (exact) mass is 205 g/mol. The lowest BCUT2D eigenvalue weighted by Crippen LogP contribution is -2.64. The molecule has 0 saturated heterocycles. The van der Waals surface area contributed by atoms with Crippen LogP contribution in [-0.2, 0) is 0 Å². The van der Waals surface area contributed by atoms with Crippen LogP contribution in [0.25, 0.3) is 0 Å². The molecule has 0 aliphatic carbocycles. The first-order valence-electron chi connectivity index (χ1n) is 4.83. The zero-order valence-electron chi connectivity index (χ0n) is 9.76. The van der Waals surface area contributed by atoms with Gasteiger partial charge in [0.15, 0.2) is 0 Å². The van der Waals surface area contributed by atoms with Gasteiger partial charge in [0.2, 0.25) is 8.96 Å². The Labute approximate surface area is 81.2 Å². The molecule has 0 fully saturated rings. The highest BCUT2D eigenvalue weighted by Gasteiger charge is 2.34. The molecule has 0 heterocycles. The van der Waals surface area contributed by atoms with Crippen molar-refractivity contribution in [3.8, 4) is 0 Å². The summed E-state index contributed by atoms with van der Waals surface area (Å²) in [5.41, 5.74) is 0. The van der Waals surface area contributed by atoms with Crippen molar-refractivity contribution in [3.63, 3.8) is 0 Å². The molecule has 1 unspecified atom stereocenters. The van der Waals surface area contributed by atoms with Gasteiger partial charge in [-0.3, -0.25) is 4.57 Å². The largest absolute Gasteiger partial charge is 0.442 e. The van der Waals surface area contributed by atoms with Gasteiger partial charge in [-0.15, -0.1) is 0 Å². The summed E-state index contributed by atoms with van der Waals surface area (Å²) < 4.78 is 3.84. The molecule has 0 spiro atoms. The van der Waals surface area contributed by atoms with Crippen molar-refractivity contribution in [1.29, 1.82) is 0 Å². The van der Waals surface area contributed by atoms with Crippen LogP contribution in [-0.4, -0.2) is 54.6 Å². The summed E-state index contributed by atoms with van der Waals surface area (Å²) >= 11 is 0. The van der Waals surface area contributed by atoms with Crippen molar-refractivity contribution in [1.82, 2.24) is 4.57 Å². The standard InChI is InChI=1S/C8H25N2Si2/c1-8-12(9(2)3)10(4,5)11(6)7/h11-12H,8H2,1-7H3/q+1. The number of hydrogen-bond donors (Lipinski definition) is 0. The minimum Gasteiger partial charge on any atom is -0.442 e. The van der Waals surface area contributed by atoms with Crippen LogP contribution in [0.1, 0.15) is 6.92 Å². The highest BCUT2D eigenvalue weighted by molar-refractivity contribution is 6.61. The molecule has 1 atom stereocenters. The average Bonchev–Trinajstić information content (AvgIpc) is 1.86. The lowest BCUT2D eigenvalue weighted by atomic mass is 11.0. The Balaban J connectivity index is 4.47. The maximum Gasteiger partial charge on any atom is 0.335 e. The number of rotatable bonds is 4. The molecule has 0 rings (SSSR count). The van der Waals surface area contributed by atoms with Gasteiger partial charge in [0.1, 0.15) is 0 Å². The van der Waals surface area contributed by atoms with Gasteiger partial charge in [-0.05, 0) is 27.2 Å². The molecule has 4 heteroatoms. The van der Waals surface area contributed by atoms with Gasteiger partial charge in [-0.25, -0.2) is 0 Å². The number of hydrogen-bond acceptors (Lipinski definition) is 1. The Hall–Kier alpha value is 0.354. The third-order valence-corrected chi connectivity index (χ3v) is 12.0. The van der Waals surface area contributed by atoms with E-state index in [-0.39, 0.29) is 0 Å². The summed E-state index contributed by atoms with van der Waals surface area (Å²) in [6.07, 6.45) is 0. The molecule has 0 bridgehead atoms. The number of nitrogens with zero attached hydrogens (tertiary/aromatic N) is 2. The van der Waals surface area contributed by atoms with Gasteiger partial charge in [0.05, 0.1) is 0 Å². The van der Waals surface area contributed by atoms with Crippen molar-refractivity contribution in [2.24, 2.45) is 0 Å². The minimum absolute atomic E-state index is 0.554. The third-order valence-electron chi connectivity index (χ3n) is 3.06. The molecule has 0 aliphatic heterocycles. The SMILES string of the molecule is CC[SiH](N(C)C)[N+](C)(C)[SiH](C)C. The molecule has 0 saturated carbocycles. The predicted octanol–water partition coefficient (Wildman–Crippen LogP) is 0.848. The summed E-state index contributed by atoms with van der Waals surface area (Å²) in [7, 11) is 8.08. The maximum absolute atomic E-state index is 2.49. The highest BCUT2D eigenvalue weighted by atomic mass is 28.4. The molecule has 0 amide bonds. The van der Waals surface area contributed by atoms with Gasteiger partial charge < -0.3 is 3.81 Å². The second kappa shape index (κ2) is 4.55. The second-order valence-electron chi connectivity index (χ2n) is 4.58. The average molecular weight is 205 g/mol. The molecular weight excluding hydrogens is 180 g/mol. The normalized spacial score (nSPS) is 15.8. The van der Waals surface area contributed by atoms with Crippen LogP contribution in [0.2, 0.25) is 19.1 Å². The van der Waals surface area contributed by atoms with Gasteiger partial charge >= 0.3 is 9.12 Å². The molecule has 74 valence electrons. The Morgan fingerprint density at radius 3 is 1.67 bits per heavy atom. The lowest BCUT2D eigenvalue weighted by Gasteiger charge is -2.44. The van der Waals surface area contributed by atoms with E-state index in [1.165, 1.54) is 9.86 Å². The maximum atomic E-state index is 2.49. The van der Waals surface area contributed by atoms with E-state index in [9.17, 15) is 0 Å². The Bertz CT molecular complexity index is 135. The molecule has 0 N–H and O–H groups in total. The first kappa shape index (κ1) is 12.4. The van der Waals surface area contributed by atoms with Gasteiger partial charge in [-0.1, -0.05) is 6.92 Å². The predicted molar refractivity (Wildman–Crippen MR) is 62.3 cm³/mol. The third kappa shape index (κ3) is 2.69. The van der Waals surface area contributed by atoms with Crippen molar-refractivity contribution in [2.45, 2.75) is 26.1 Å². The van der Waals surface area contributed by atoms with E-state index in [0.717, 1.165) is 0 Å². The fraction of sp³-hybridized carbons (Fsp3) is 1.00. The van der Waals surface area contributed by atoms with E-state index in [4.69, 9.17) is 0 Å². The number of quaternary nitrogens is 1. The molecule has 12 heavy (non-hydrogen) atoms. The molecular formula is C8H25N2Si2+. The van der Waals surface area contributed by atoms with E-state index in [1.54, 1.807) is 0 Å².